The van der Waals surface area contributed by atoms with Crippen LogP contribution in [0.15, 0.2) is 42.1 Å². The quantitative estimate of drug-likeness (QED) is 0.788. The molecule has 4 nitrogen and oxygen atoms in total. The van der Waals surface area contributed by atoms with Crippen LogP contribution in [-0.4, -0.2) is 37.1 Å². The zero-order valence-electron chi connectivity index (χ0n) is 13.9. The van der Waals surface area contributed by atoms with Crippen LogP contribution in [0.3, 0.4) is 0 Å². The monoisotopic (exact) mass is 338 g/mol. The molecule has 1 aromatic heterocycles. The lowest BCUT2D eigenvalue weighted by Gasteiger charge is -2.27. The van der Waals surface area contributed by atoms with Crippen molar-refractivity contribution in [2.75, 3.05) is 31.2 Å². The van der Waals surface area contributed by atoms with Crippen molar-refractivity contribution in [3.8, 4) is 0 Å². The van der Waals surface area contributed by atoms with E-state index in [1.54, 1.807) is 12.3 Å². The summed E-state index contributed by atoms with van der Waals surface area (Å²) in [5.74, 6) is 0.468. The summed E-state index contributed by atoms with van der Waals surface area (Å²) in [6.45, 7) is 3.12. The number of carbonyl (C=O) groups excluding carboxylic acids is 1. The third-order valence-electron chi connectivity index (χ3n) is 4.72. The third-order valence-corrected chi connectivity index (χ3v) is 4.72. The van der Waals surface area contributed by atoms with Gasteiger partial charge >= 0.3 is 0 Å². The van der Waals surface area contributed by atoms with E-state index in [1.165, 1.54) is 12.1 Å². The Balaban J connectivity index is 1.55. The Labute approximate surface area is 145 Å². The Bertz CT molecular complexity index is 824. The number of rotatable bonds is 2. The minimum Gasteiger partial charge on any atom is -0.378 e. The van der Waals surface area contributed by atoms with Gasteiger partial charge in [0.25, 0.3) is 0 Å². The van der Waals surface area contributed by atoms with Crippen molar-refractivity contribution in [3.63, 3.8) is 0 Å². The number of Topliss-reactive ketones (excluding diaryl/α,β-unsaturated/α-hetero) is 1. The zero-order chi connectivity index (χ0) is 17.2. The predicted octanol–water partition coefficient (Wildman–Crippen LogP) is 3.27. The van der Waals surface area contributed by atoms with Gasteiger partial charge in [0.15, 0.2) is 5.78 Å². The Morgan fingerprint density at radius 2 is 1.96 bits per heavy atom. The summed E-state index contributed by atoms with van der Waals surface area (Å²) in [7, 11) is 0. The number of hydrogen-bond donors (Lipinski definition) is 0. The predicted molar refractivity (Wildman–Crippen MR) is 94.3 cm³/mol. The highest BCUT2D eigenvalue weighted by Crippen LogP contribution is 2.27. The fraction of sp³-hybridized carbons (Fsp3) is 0.300. The highest BCUT2D eigenvalue weighted by Gasteiger charge is 2.22. The van der Waals surface area contributed by atoms with Crippen LogP contribution in [0.4, 0.5) is 10.2 Å². The number of fused-ring (bicyclic) bond motifs is 1. The summed E-state index contributed by atoms with van der Waals surface area (Å²) in [6, 6.07) is 8.40. The fourth-order valence-corrected chi connectivity index (χ4v) is 3.34. The highest BCUT2D eigenvalue weighted by atomic mass is 19.1. The molecule has 0 bridgehead atoms. The summed E-state index contributed by atoms with van der Waals surface area (Å²) in [4.78, 5) is 19.3. The van der Waals surface area contributed by atoms with Crippen molar-refractivity contribution in [2.24, 2.45) is 0 Å². The van der Waals surface area contributed by atoms with E-state index in [0.717, 1.165) is 49.7 Å². The van der Waals surface area contributed by atoms with Gasteiger partial charge < -0.3 is 9.64 Å². The lowest BCUT2D eigenvalue weighted by atomic mass is 9.86. The fourth-order valence-electron chi connectivity index (χ4n) is 3.34. The van der Waals surface area contributed by atoms with E-state index in [9.17, 15) is 9.18 Å². The molecule has 1 aliphatic heterocycles. The van der Waals surface area contributed by atoms with Crippen molar-refractivity contribution in [1.82, 2.24) is 4.98 Å². The maximum Gasteiger partial charge on any atom is 0.189 e. The number of pyridine rings is 1. The topological polar surface area (TPSA) is 42.4 Å². The molecule has 1 aromatic carbocycles. The summed E-state index contributed by atoms with van der Waals surface area (Å²) in [5, 5.41) is 0. The van der Waals surface area contributed by atoms with Gasteiger partial charge in [0, 0.05) is 30.4 Å². The molecule has 0 unspecified atom stereocenters. The Morgan fingerprint density at radius 1 is 1.12 bits per heavy atom. The van der Waals surface area contributed by atoms with Crippen LogP contribution in [0.2, 0.25) is 0 Å². The number of hydrogen-bond acceptors (Lipinski definition) is 4. The number of morpholine rings is 1. The number of nitrogens with zero attached hydrogens (tertiary/aromatic N) is 2. The number of anilines is 1. The second-order valence-electron chi connectivity index (χ2n) is 6.35. The maximum absolute atomic E-state index is 13.4. The van der Waals surface area contributed by atoms with Gasteiger partial charge in [-0.1, -0.05) is 6.07 Å². The molecule has 4 rings (SSSR count). The van der Waals surface area contributed by atoms with Gasteiger partial charge in [-0.3, -0.25) is 4.79 Å². The molecule has 2 aliphatic rings. The molecule has 5 heteroatoms. The smallest absolute Gasteiger partial charge is 0.189 e. The van der Waals surface area contributed by atoms with Gasteiger partial charge in [0.1, 0.15) is 11.6 Å². The molecule has 1 saturated heterocycles. The van der Waals surface area contributed by atoms with Crippen molar-refractivity contribution in [2.45, 2.75) is 12.8 Å². The number of benzene rings is 1. The largest absolute Gasteiger partial charge is 0.378 e. The molecular weight excluding hydrogens is 319 g/mol. The number of aryl methyl sites for hydroxylation is 1. The Hall–Kier alpha value is -2.53. The molecule has 1 fully saturated rings. The molecule has 2 heterocycles. The third kappa shape index (κ3) is 3.33. The lowest BCUT2D eigenvalue weighted by Crippen LogP contribution is -2.36. The normalized spacial score (nSPS) is 19.2. The van der Waals surface area contributed by atoms with E-state index in [1.807, 2.05) is 18.2 Å². The van der Waals surface area contributed by atoms with Crippen molar-refractivity contribution >= 4 is 17.7 Å². The van der Waals surface area contributed by atoms with Crippen LogP contribution in [0, 0.1) is 5.82 Å². The average Bonchev–Trinajstić information content (AvgIpc) is 2.66. The summed E-state index contributed by atoms with van der Waals surface area (Å²) in [6.07, 6.45) is 5.08. The second kappa shape index (κ2) is 6.76. The van der Waals surface area contributed by atoms with E-state index >= 15 is 0 Å². The first kappa shape index (κ1) is 16.0. The van der Waals surface area contributed by atoms with Crippen molar-refractivity contribution in [3.05, 3.63) is 64.6 Å². The molecule has 1 aliphatic carbocycles. The number of ether oxygens (including phenoxy) is 1. The van der Waals surface area contributed by atoms with Crippen molar-refractivity contribution in [1.29, 1.82) is 0 Å². The highest BCUT2D eigenvalue weighted by molar-refractivity contribution is 6.13. The van der Waals surface area contributed by atoms with Gasteiger partial charge in [0.05, 0.1) is 13.2 Å². The molecule has 2 aromatic rings. The Morgan fingerprint density at radius 3 is 2.72 bits per heavy atom. The van der Waals surface area contributed by atoms with E-state index in [2.05, 4.69) is 9.88 Å². The van der Waals surface area contributed by atoms with Gasteiger partial charge in [-0.15, -0.1) is 0 Å². The van der Waals surface area contributed by atoms with E-state index in [4.69, 9.17) is 4.74 Å². The SMILES string of the molecule is O=C1/C(=C/c2ccc(N3CCOCC3)nc2)CCc2ccc(F)cc21. The number of carbonyl (C=O) groups is 1. The lowest BCUT2D eigenvalue weighted by molar-refractivity contribution is 0.102. The van der Waals surface area contributed by atoms with Crippen LogP contribution < -0.4 is 4.90 Å². The van der Waals surface area contributed by atoms with Gasteiger partial charge in [0.2, 0.25) is 0 Å². The van der Waals surface area contributed by atoms with Crippen LogP contribution in [0.25, 0.3) is 6.08 Å². The summed E-state index contributed by atoms with van der Waals surface area (Å²) >= 11 is 0. The second-order valence-corrected chi connectivity index (χ2v) is 6.35. The molecular formula is C20H19FN2O2. The van der Waals surface area contributed by atoms with E-state index < -0.39 is 0 Å². The molecule has 0 spiro atoms. The number of ketones is 1. The molecule has 128 valence electrons. The van der Waals surface area contributed by atoms with Gasteiger partial charge in [-0.2, -0.15) is 0 Å². The number of aromatic nitrogens is 1. The number of halogens is 1. The number of allylic oxidation sites excluding steroid dienone is 1. The minimum absolute atomic E-state index is 0.0852. The van der Waals surface area contributed by atoms with Crippen LogP contribution in [-0.2, 0) is 11.2 Å². The molecule has 0 amide bonds. The van der Waals surface area contributed by atoms with Crippen LogP contribution in [0.1, 0.15) is 27.9 Å². The standard InChI is InChI=1S/C20H19FN2O2/c21-17-5-4-15-2-3-16(20(24)18(15)12-17)11-14-1-6-19(22-13-14)23-7-9-25-10-8-23/h1,4-6,11-13H,2-3,7-10H2/b16-11+. The molecule has 0 N–H and O–H groups in total. The van der Waals surface area contributed by atoms with Gasteiger partial charge in [-0.25, -0.2) is 9.37 Å². The first-order valence-electron chi connectivity index (χ1n) is 8.53. The van der Waals surface area contributed by atoms with Crippen molar-refractivity contribution < 1.29 is 13.9 Å². The first-order chi connectivity index (χ1) is 12.2. The summed E-state index contributed by atoms with van der Waals surface area (Å²) < 4.78 is 18.8. The average molecular weight is 338 g/mol. The van der Waals surface area contributed by atoms with Gasteiger partial charge in [-0.05, 0) is 54.3 Å². The zero-order valence-corrected chi connectivity index (χ0v) is 13.9. The van der Waals surface area contributed by atoms with E-state index in [-0.39, 0.29) is 11.6 Å². The maximum atomic E-state index is 13.4. The molecule has 0 radical (unpaired) electrons. The summed E-state index contributed by atoms with van der Waals surface area (Å²) in [5.41, 5.74) is 3.00. The molecule has 0 atom stereocenters. The van der Waals surface area contributed by atoms with E-state index in [0.29, 0.717) is 17.6 Å². The molecule has 25 heavy (non-hydrogen) atoms. The molecule has 0 saturated carbocycles. The van der Waals surface area contributed by atoms with Crippen LogP contribution >= 0.6 is 0 Å². The van der Waals surface area contributed by atoms with Crippen LogP contribution in [0.5, 0.6) is 0 Å². The minimum atomic E-state index is -0.370. The Kier molecular flexibility index (Phi) is 4.32. The first-order valence-corrected chi connectivity index (χ1v) is 8.53.